The van der Waals surface area contributed by atoms with Crippen LogP contribution in [0.3, 0.4) is 0 Å². The van der Waals surface area contributed by atoms with Crippen LogP contribution in [0.5, 0.6) is 0 Å². The van der Waals surface area contributed by atoms with E-state index in [0.29, 0.717) is 0 Å². The molecule has 4 nitrogen and oxygen atoms in total. The number of hydrogen-bond donors (Lipinski definition) is 2. The van der Waals surface area contributed by atoms with Crippen LogP contribution < -0.4 is 5.46 Å². The van der Waals surface area contributed by atoms with Gasteiger partial charge in [-0.15, -0.1) is 12.4 Å². The van der Waals surface area contributed by atoms with Crippen molar-refractivity contribution in [1.29, 1.82) is 0 Å². The number of likely N-dealkylation sites (tertiary alicyclic amines) is 1. The molecule has 1 aliphatic rings. The first-order chi connectivity index (χ1) is 10.7. The van der Waals surface area contributed by atoms with Crippen molar-refractivity contribution in [3.05, 3.63) is 29.8 Å². The Morgan fingerprint density at radius 2 is 1.75 bits per heavy atom. The predicted molar refractivity (Wildman–Crippen MR) is 102 cm³/mol. The summed E-state index contributed by atoms with van der Waals surface area (Å²) in [4.78, 5) is 2.45. The Kier molecular flexibility index (Phi) is 7.76. The molecule has 24 heavy (non-hydrogen) atoms. The van der Waals surface area contributed by atoms with Crippen LogP contribution in [-0.4, -0.2) is 46.4 Å². The smallest absolute Gasteiger partial charge is 0.423 e. The highest BCUT2D eigenvalue weighted by molar-refractivity contribution is 6.60. The zero-order valence-corrected chi connectivity index (χ0v) is 16.1. The van der Waals surface area contributed by atoms with E-state index in [2.05, 4.69) is 11.0 Å². The highest BCUT2D eigenvalue weighted by Crippen LogP contribution is 2.25. The van der Waals surface area contributed by atoms with Crippen molar-refractivity contribution in [2.45, 2.75) is 64.7 Å². The van der Waals surface area contributed by atoms with Crippen molar-refractivity contribution in [2.24, 2.45) is 0 Å². The number of aliphatic hydroxyl groups is 1. The van der Waals surface area contributed by atoms with Crippen LogP contribution in [0.15, 0.2) is 24.3 Å². The molecule has 1 fully saturated rings. The zero-order chi connectivity index (χ0) is 17.1. The van der Waals surface area contributed by atoms with E-state index in [1.807, 2.05) is 18.2 Å². The second-order valence-corrected chi connectivity index (χ2v) is 7.62. The van der Waals surface area contributed by atoms with Gasteiger partial charge in [-0.05, 0) is 64.7 Å². The van der Waals surface area contributed by atoms with Gasteiger partial charge in [-0.1, -0.05) is 30.7 Å². The minimum absolute atomic E-state index is 0. The Labute approximate surface area is 152 Å². The van der Waals surface area contributed by atoms with Crippen LogP contribution in [-0.2, 0) is 11.2 Å². The fourth-order valence-corrected chi connectivity index (χ4v) is 2.71. The van der Waals surface area contributed by atoms with Gasteiger partial charge in [0.1, 0.15) is 0 Å². The fourth-order valence-electron chi connectivity index (χ4n) is 2.71. The fraction of sp³-hybridized carbons (Fsp3) is 0.667. The Morgan fingerprint density at radius 1 is 1.12 bits per heavy atom. The van der Waals surface area contributed by atoms with E-state index in [4.69, 9.17) is 4.65 Å². The van der Waals surface area contributed by atoms with Crippen molar-refractivity contribution >= 4 is 25.0 Å². The van der Waals surface area contributed by atoms with Gasteiger partial charge in [0.05, 0.1) is 11.2 Å². The summed E-state index contributed by atoms with van der Waals surface area (Å²) in [6.45, 7) is 10.2. The van der Waals surface area contributed by atoms with Crippen LogP contribution >= 0.6 is 12.4 Å². The number of nitrogens with zero attached hydrogens (tertiary/aromatic N) is 1. The van der Waals surface area contributed by atoms with Gasteiger partial charge in [-0.2, -0.15) is 0 Å². The molecule has 1 aromatic carbocycles. The third-order valence-corrected chi connectivity index (χ3v) is 4.97. The van der Waals surface area contributed by atoms with Gasteiger partial charge >= 0.3 is 7.12 Å². The molecule has 2 N–H and O–H groups in total. The maximum Gasteiger partial charge on any atom is 0.491 e. The van der Waals surface area contributed by atoms with Crippen molar-refractivity contribution in [2.75, 3.05) is 13.1 Å². The third-order valence-electron chi connectivity index (χ3n) is 4.97. The molecule has 0 bridgehead atoms. The van der Waals surface area contributed by atoms with E-state index in [1.165, 1.54) is 24.8 Å². The van der Waals surface area contributed by atoms with Gasteiger partial charge in [0, 0.05) is 6.54 Å². The zero-order valence-electron chi connectivity index (χ0n) is 15.3. The normalized spacial score (nSPS) is 16.6. The first-order valence-corrected chi connectivity index (χ1v) is 8.58. The predicted octanol–water partition coefficient (Wildman–Crippen LogP) is 2.35. The minimum atomic E-state index is -1.04. The van der Waals surface area contributed by atoms with Crippen LogP contribution in [0.25, 0.3) is 0 Å². The summed E-state index contributed by atoms with van der Waals surface area (Å²) in [5.74, 6) is 0. The summed E-state index contributed by atoms with van der Waals surface area (Å²) in [6.07, 6.45) is 3.87. The summed E-state index contributed by atoms with van der Waals surface area (Å²) in [7, 11) is -1.04. The molecule has 6 heteroatoms. The number of piperidine rings is 1. The summed E-state index contributed by atoms with van der Waals surface area (Å²) < 4.78 is 5.73. The maximum absolute atomic E-state index is 10.4. The number of benzene rings is 1. The minimum Gasteiger partial charge on any atom is -0.423 e. The van der Waals surface area contributed by atoms with Crippen molar-refractivity contribution < 1.29 is 14.8 Å². The van der Waals surface area contributed by atoms with Gasteiger partial charge in [0.25, 0.3) is 0 Å². The molecule has 0 aromatic heterocycles. The number of halogens is 1. The van der Waals surface area contributed by atoms with E-state index in [1.54, 1.807) is 27.7 Å². The van der Waals surface area contributed by atoms with Crippen molar-refractivity contribution in [1.82, 2.24) is 4.90 Å². The average molecular weight is 356 g/mol. The molecular weight excluding hydrogens is 324 g/mol. The molecule has 0 spiro atoms. The first kappa shape index (κ1) is 21.5. The largest absolute Gasteiger partial charge is 0.491 e. The summed E-state index contributed by atoms with van der Waals surface area (Å²) in [5, 5.41) is 20.6. The molecule has 1 aromatic rings. The van der Waals surface area contributed by atoms with Crippen LogP contribution in [0.4, 0.5) is 0 Å². The molecule has 0 saturated carbocycles. The lowest BCUT2D eigenvalue weighted by atomic mass is 9.76. The Bertz CT molecular complexity index is 513. The number of hydrogen-bond acceptors (Lipinski definition) is 4. The molecule has 0 amide bonds. The highest BCUT2D eigenvalue weighted by Gasteiger charge is 2.39. The lowest BCUT2D eigenvalue weighted by Gasteiger charge is -2.38. The van der Waals surface area contributed by atoms with Crippen molar-refractivity contribution in [3.63, 3.8) is 0 Å². The second-order valence-electron chi connectivity index (χ2n) is 7.62. The third kappa shape index (κ3) is 5.75. The first-order valence-electron chi connectivity index (χ1n) is 8.58. The van der Waals surface area contributed by atoms with E-state index in [9.17, 15) is 10.1 Å². The molecule has 0 unspecified atom stereocenters. The van der Waals surface area contributed by atoms with E-state index < -0.39 is 18.3 Å². The molecule has 136 valence electrons. The van der Waals surface area contributed by atoms with Gasteiger partial charge in [0.2, 0.25) is 0 Å². The van der Waals surface area contributed by atoms with E-state index in [-0.39, 0.29) is 12.4 Å². The quantitative estimate of drug-likeness (QED) is 0.769. The highest BCUT2D eigenvalue weighted by atomic mass is 35.5. The standard InChI is InChI=1S/C18H30BNO3.ClH/c1-17(2,21)18(3,4)23-19(22)16-10-8-9-15(13-16)14-20-11-6-5-7-12-20;/h8-10,13,21-22H,5-7,11-12,14H2,1-4H3;1H. The lowest BCUT2D eigenvalue weighted by Crippen LogP contribution is -2.53. The summed E-state index contributed by atoms with van der Waals surface area (Å²) in [6, 6.07) is 7.91. The van der Waals surface area contributed by atoms with Gasteiger partial charge in [-0.25, -0.2) is 0 Å². The molecule has 0 radical (unpaired) electrons. The molecule has 1 saturated heterocycles. The second kappa shape index (κ2) is 8.68. The molecule has 1 heterocycles. The van der Waals surface area contributed by atoms with Crippen LogP contribution in [0.1, 0.15) is 52.5 Å². The SMILES string of the molecule is CC(C)(O)C(C)(C)OB(O)c1cccc(CN2CCCCC2)c1.Cl. The molecule has 0 aliphatic carbocycles. The molecule has 0 atom stereocenters. The monoisotopic (exact) mass is 355 g/mol. The van der Waals surface area contributed by atoms with Gasteiger partial charge in [-0.3, -0.25) is 4.90 Å². The summed E-state index contributed by atoms with van der Waals surface area (Å²) in [5.41, 5.74) is 0.0271. The van der Waals surface area contributed by atoms with E-state index >= 15 is 0 Å². The van der Waals surface area contributed by atoms with Gasteiger partial charge < -0.3 is 14.8 Å². The lowest BCUT2D eigenvalue weighted by molar-refractivity contribution is -0.0982. The summed E-state index contributed by atoms with van der Waals surface area (Å²) >= 11 is 0. The molecule has 1 aliphatic heterocycles. The van der Waals surface area contributed by atoms with Crippen molar-refractivity contribution in [3.8, 4) is 0 Å². The Balaban J connectivity index is 0.00000288. The van der Waals surface area contributed by atoms with Crippen LogP contribution in [0.2, 0.25) is 0 Å². The van der Waals surface area contributed by atoms with Crippen LogP contribution in [0, 0.1) is 0 Å². The van der Waals surface area contributed by atoms with Gasteiger partial charge in [0.15, 0.2) is 0 Å². The Morgan fingerprint density at radius 3 is 2.33 bits per heavy atom. The Hall–Kier alpha value is -0.585. The molecular formula is C18H31BClNO3. The van der Waals surface area contributed by atoms with E-state index in [0.717, 1.165) is 25.1 Å². The number of rotatable bonds is 6. The maximum atomic E-state index is 10.4. The topological polar surface area (TPSA) is 52.9 Å². The average Bonchev–Trinajstić information content (AvgIpc) is 2.47. The molecule has 2 rings (SSSR count).